The van der Waals surface area contributed by atoms with E-state index in [1.165, 1.54) is 0 Å². The number of hydrogen-bond acceptors (Lipinski definition) is 5. The Bertz CT molecular complexity index is 343. The molecule has 15 heavy (non-hydrogen) atoms. The first-order valence-corrected chi connectivity index (χ1v) is 5.38. The zero-order valence-electron chi connectivity index (χ0n) is 8.81. The number of hydrogen-bond donors (Lipinski definition) is 0. The van der Waals surface area contributed by atoms with Gasteiger partial charge in [0.25, 0.3) is 0 Å². The Balaban J connectivity index is 1.92. The van der Waals surface area contributed by atoms with Crippen LogP contribution in [0.5, 0.6) is 5.88 Å². The van der Waals surface area contributed by atoms with Crippen molar-refractivity contribution in [3.8, 4) is 5.88 Å². The fourth-order valence-electron chi connectivity index (χ4n) is 1.46. The molecule has 0 spiro atoms. The normalized spacial score (nSPS) is 17.9. The zero-order valence-corrected chi connectivity index (χ0v) is 8.81. The molecule has 0 atom stereocenters. The predicted octanol–water partition coefficient (Wildman–Crippen LogP) is 0.515. The Hall–Kier alpha value is -1.52. The quantitative estimate of drug-likeness (QED) is 0.672. The second-order valence-electron chi connectivity index (χ2n) is 3.77. The van der Waals surface area contributed by atoms with Gasteiger partial charge in [-0.2, -0.15) is 9.97 Å². The van der Waals surface area contributed by atoms with Gasteiger partial charge in [0.2, 0.25) is 11.8 Å². The standard InChI is InChI=1S/C10H14N4O/c1-2-15-9-7-8(13-3-4-13)11-10(12-9)14-5-6-14/h7H,2-6H2,1H3. The van der Waals surface area contributed by atoms with Gasteiger partial charge in [0.05, 0.1) is 6.61 Å². The van der Waals surface area contributed by atoms with E-state index in [0.29, 0.717) is 12.5 Å². The molecule has 2 aliphatic rings. The average molecular weight is 206 g/mol. The lowest BCUT2D eigenvalue weighted by Gasteiger charge is -2.09. The summed E-state index contributed by atoms with van der Waals surface area (Å²) in [4.78, 5) is 13.2. The minimum Gasteiger partial charge on any atom is -0.478 e. The van der Waals surface area contributed by atoms with Crippen molar-refractivity contribution in [3.63, 3.8) is 0 Å². The van der Waals surface area contributed by atoms with Gasteiger partial charge in [-0.05, 0) is 6.92 Å². The summed E-state index contributed by atoms with van der Waals surface area (Å²) in [7, 11) is 0. The first-order chi connectivity index (χ1) is 7.36. The molecule has 0 N–H and O–H groups in total. The van der Waals surface area contributed by atoms with E-state index in [1.54, 1.807) is 0 Å². The number of rotatable bonds is 4. The second kappa shape index (κ2) is 3.25. The van der Waals surface area contributed by atoms with Crippen LogP contribution in [0.4, 0.5) is 11.8 Å². The molecule has 2 aliphatic heterocycles. The number of nitrogens with zero attached hydrogens (tertiary/aromatic N) is 4. The lowest BCUT2D eigenvalue weighted by Crippen LogP contribution is -2.05. The Morgan fingerprint density at radius 3 is 2.53 bits per heavy atom. The summed E-state index contributed by atoms with van der Waals surface area (Å²) in [6, 6.07) is 1.92. The summed E-state index contributed by atoms with van der Waals surface area (Å²) in [5.74, 6) is 2.49. The molecule has 0 saturated carbocycles. The summed E-state index contributed by atoms with van der Waals surface area (Å²) in [6.45, 7) is 6.94. The van der Waals surface area contributed by atoms with E-state index in [0.717, 1.165) is 37.9 Å². The van der Waals surface area contributed by atoms with Gasteiger partial charge in [-0.25, -0.2) is 0 Å². The fraction of sp³-hybridized carbons (Fsp3) is 0.600. The molecule has 0 radical (unpaired) electrons. The van der Waals surface area contributed by atoms with Gasteiger partial charge in [0, 0.05) is 32.2 Å². The topological polar surface area (TPSA) is 41.0 Å². The SMILES string of the molecule is CCOc1cc(N2CC2)nc(N2CC2)n1. The summed E-state index contributed by atoms with van der Waals surface area (Å²) >= 11 is 0. The number of anilines is 2. The molecule has 5 heteroatoms. The van der Waals surface area contributed by atoms with Crippen molar-refractivity contribution in [1.29, 1.82) is 0 Å². The van der Waals surface area contributed by atoms with Crippen LogP contribution in [0, 0.1) is 0 Å². The van der Waals surface area contributed by atoms with Gasteiger partial charge < -0.3 is 14.5 Å². The second-order valence-corrected chi connectivity index (χ2v) is 3.77. The highest BCUT2D eigenvalue weighted by Crippen LogP contribution is 2.27. The molecule has 0 bridgehead atoms. The average Bonchev–Trinajstić information content (AvgIpc) is 3.10. The van der Waals surface area contributed by atoms with Crippen molar-refractivity contribution in [1.82, 2.24) is 9.97 Å². The van der Waals surface area contributed by atoms with Gasteiger partial charge >= 0.3 is 0 Å². The van der Waals surface area contributed by atoms with Crippen LogP contribution in [0.3, 0.4) is 0 Å². The van der Waals surface area contributed by atoms with E-state index in [9.17, 15) is 0 Å². The molecule has 3 rings (SSSR count). The maximum atomic E-state index is 5.44. The highest BCUT2D eigenvalue weighted by molar-refractivity contribution is 5.53. The van der Waals surface area contributed by atoms with Crippen molar-refractivity contribution in [2.75, 3.05) is 42.6 Å². The van der Waals surface area contributed by atoms with Crippen LogP contribution in [-0.4, -0.2) is 42.8 Å². The molecule has 1 aromatic rings. The van der Waals surface area contributed by atoms with Gasteiger partial charge in [-0.1, -0.05) is 0 Å². The van der Waals surface area contributed by atoms with E-state index in [4.69, 9.17) is 4.74 Å². The van der Waals surface area contributed by atoms with Gasteiger partial charge in [-0.15, -0.1) is 0 Å². The lowest BCUT2D eigenvalue weighted by atomic mass is 10.5. The molecule has 2 saturated heterocycles. The number of aromatic nitrogens is 2. The number of ether oxygens (including phenoxy) is 1. The molecular formula is C10H14N4O. The van der Waals surface area contributed by atoms with E-state index >= 15 is 0 Å². The van der Waals surface area contributed by atoms with Crippen LogP contribution in [0.15, 0.2) is 6.07 Å². The molecule has 0 aromatic carbocycles. The maximum Gasteiger partial charge on any atom is 0.230 e. The summed E-state index contributed by atoms with van der Waals surface area (Å²) < 4.78 is 5.44. The minimum absolute atomic E-state index is 0.649. The van der Waals surface area contributed by atoms with Crippen LogP contribution in [0.25, 0.3) is 0 Å². The first-order valence-electron chi connectivity index (χ1n) is 5.38. The van der Waals surface area contributed by atoms with Crippen molar-refractivity contribution in [2.24, 2.45) is 0 Å². The minimum atomic E-state index is 0.649. The van der Waals surface area contributed by atoms with Crippen molar-refractivity contribution >= 4 is 11.8 Å². The van der Waals surface area contributed by atoms with Crippen LogP contribution in [-0.2, 0) is 0 Å². The van der Waals surface area contributed by atoms with Crippen LogP contribution in [0.1, 0.15) is 6.92 Å². The molecule has 2 fully saturated rings. The first kappa shape index (κ1) is 8.76. The summed E-state index contributed by atoms with van der Waals surface area (Å²) in [5, 5.41) is 0. The fourth-order valence-corrected chi connectivity index (χ4v) is 1.46. The third-order valence-electron chi connectivity index (χ3n) is 2.47. The van der Waals surface area contributed by atoms with E-state index in [2.05, 4.69) is 19.8 Å². The van der Waals surface area contributed by atoms with E-state index in [-0.39, 0.29) is 0 Å². The zero-order chi connectivity index (χ0) is 10.3. The highest BCUT2D eigenvalue weighted by Gasteiger charge is 2.26. The third-order valence-corrected chi connectivity index (χ3v) is 2.47. The highest BCUT2D eigenvalue weighted by atomic mass is 16.5. The molecule has 5 nitrogen and oxygen atoms in total. The van der Waals surface area contributed by atoms with Gasteiger partial charge in [-0.3, -0.25) is 0 Å². The predicted molar refractivity (Wildman–Crippen MR) is 57.6 cm³/mol. The largest absolute Gasteiger partial charge is 0.478 e. The van der Waals surface area contributed by atoms with Crippen LogP contribution in [0.2, 0.25) is 0 Å². The smallest absolute Gasteiger partial charge is 0.230 e. The lowest BCUT2D eigenvalue weighted by molar-refractivity contribution is 0.326. The summed E-state index contributed by atoms with van der Waals surface area (Å²) in [6.07, 6.45) is 0. The Kier molecular flexibility index (Phi) is 1.90. The monoisotopic (exact) mass is 206 g/mol. The molecular weight excluding hydrogens is 192 g/mol. The molecule has 1 aromatic heterocycles. The van der Waals surface area contributed by atoms with Crippen LogP contribution >= 0.6 is 0 Å². The van der Waals surface area contributed by atoms with E-state index < -0.39 is 0 Å². The molecule has 3 heterocycles. The Morgan fingerprint density at radius 1 is 1.20 bits per heavy atom. The van der Waals surface area contributed by atoms with Crippen molar-refractivity contribution in [2.45, 2.75) is 6.92 Å². The molecule has 0 amide bonds. The van der Waals surface area contributed by atoms with Crippen molar-refractivity contribution < 1.29 is 4.74 Å². The van der Waals surface area contributed by atoms with Crippen LogP contribution < -0.4 is 14.5 Å². The van der Waals surface area contributed by atoms with Crippen molar-refractivity contribution in [3.05, 3.63) is 6.07 Å². The van der Waals surface area contributed by atoms with Gasteiger partial charge in [0.15, 0.2) is 0 Å². The summed E-state index contributed by atoms with van der Waals surface area (Å²) in [5.41, 5.74) is 0. The molecule has 80 valence electrons. The van der Waals surface area contributed by atoms with Gasteiger partial charge in [0.1, 0.15) is 5.82 Å². The third kappa shape index (κ3) is 1.82. The molecule has 0 aliphatic carbocycles. The Morgan fingerprint density at radius 2 is 1.93 bits per heavy atom. The molecule has 0 unspecified atom stereocenters. The van der Waals surface area contributed by atoms with E-state index in [1.807, 2.05) is 13.0 Å². The Labute approximate surface area is 88.7 Å². The maximum absolute atomic E-state index is 5.44.